The quantitative estimate of drug-likeness (QED) is 0.283. The monoisotopic (exact) mass is 496 g/mol. The van der Waals surface area contributed by atoms with Gasteiger partial charge in [0.1, 0.15) is 22.6 Å². The number of imidazole rings is 1. The Morgan fingerprint density at radius 1 is 1.08 bits per heavy atom. The number of carbonyl (C=O) groups is 1. The summed E-state index contributed by atoms with van der Waals surface area (Å²) in [6, 6.07) is 5.23. The Labute approximate surface area is 209 Å². The summed E-state index contributed by atoms with van der Waals surface area (Å²) in [6.07, 6.45) is 9.71. The molecule has 6 heterocycles. The van der Waals surface area contributed by atoms with Crippen molar-refractivity contribution in [3.8, 4) is 34.0 Å². The van der Waals surface area contributed by atoms with Gasteiger partial charge in [-0.05, 0) is 24.1 Å². The third-order valence-electron chi connectivity index (χ3n) is 5.85. The molecule has 3 N–H and O–H groups in total. The van der Waals surface area contributed by atoms with E-state index in [9.17, 15) is 4.79 Å². The maximum atomic E-state index is 16.0. The van der Waals surface area contributed by atoms with Crippen LogP contribution in [0.3, 0.4) is 0 Å². The van der Waals surface area contributed by atoms with E-state index in [0.29, 0.717) is 45.9 Å². The number of rotatable bonds is 6. The molecule has 6 aromatic heterocycles. The number of hydrogen-bond acceptors (Lipinski definition) is 7. The van der Waals surface area contributed by atoms with Crippen molar-refractivity contribution in [2.45, 2.75) is 20.3 Å². The first kappa shape index (κ1) is 22.5. The Kier molecular flexibility index (Phi) is 5.44. The van der Waals surface area contributed by atoms with Crippen molar-refractivity contribution >= 4 is 33.5 Å². The molecule has 0 aliphatic carbocycles. The average molecular weight is 497 g/mol. The fourth-order valence-electron chi connectivity index (χ4n) is 4.23. The smallest absolute Gasteiger partial charge is 0.224 e. The van der Waals surface area contributed by atoms with Gasteiger partial charge in [0.05, 0.1) is 47.0 Å². The summed E-state index contributed by atoms with van der Waals surface area (Å²) in [4.78, 5) is 33.0. The van der Waals surface area contributed by atoms with Gasteiger partial charge in [-0.1, -0.05) is 13.8 Å². The van der Waals surface area contributed by atoms with Crippen molar-refractivity contribution < 1.29 is 13.6 Å². The minimum atomic E-state index is -0.581. The first-order chi connectivity index (χ1) is 18.0. The van der Waals surface area contributed by atoms with Gasteiger partial charge in [0, 0.05) is 29.9 Å². The van der Waals surface area contributed by atoms with Gasteiger partial charge >= 0.3 is 0 Å². The van der Waals surface area contributed by atoms with Crippen LogP contribution in [0.5, 0.6) is 0 Å². The van der Waals surface area contributed by atoms with E-state index in [1.54, 1.807) is 36.9 Å². The summed E-state index contributed by atoms with van der Waals surface area (Å²) in [7, 11) is 0. The minimum Gasteiger partial charge on any atom is -0.472 e. The second-order valence-electron chi connectivity index (χ2n) is 9.04. The number of aromatic nitrogens is 7. The largest absolute Gasteiger partial charge is 0.472 e. The van der Waals surface area contributed by atoms with Crippen molar-refractivity contribution in [1.82, 2.24) is 35.1 Å². The minimum absolute atomic E-state index is 0.0828. The summed E-state index contributed by atoms with van der Waals surface area (Å²) < 4.78 is 21.1. The molecule has 6 rings (SSSR count). The van der Waals surface area contributed by atoms with Crippen LogP contribution in [0.15, 0.2) is 59.9 Å². The van der Waals surface area contributed by atoms with Gasteiger partial charge in [-0.2, -0.15) is 5.10 Å². The van der Waals surface area contributed by atoms with E-state index in [2.05, 4.69) is 40.4 Å². The summed E-state index contributed by atoms with van der Waals surface area (Å²) in [6.45, 7) is 3.92. The molecule has 0 unspecified atom stereocenters. The Bertz CT molecular complexity index is 1750. The number of H-pyrrole nitrogens is 2. The molecule has 0 spiro atoms. The van der Waals surface area contributed by atoms with Crippen LogP contribution in [0.25, 0.3) is 56.0 Å². The number of anilines is 1. The van der Waals surface area contributed by atoms with Crippen molar-refractivity contribution in [3.05, 3.63) is 61.3 Å². The molecule has 0 fully saturated rings. The fraction of sp³-hybridized carbons (Fsp3) is 0.154. The van der Waals surface area contributed by atoms with E-state index < -0.39 is 5.82 Å². The molecule has 0 aliphatic rings. The van der Waals surface area contributed by atoms with Gasteiger partial charge in [0.15, 0.2) is 11.6 Å². The zero-order valence-corrected chi connectivity index (χ0v) is 19.9. The van der Waals surface area contributed by atoms with Gasteiger partial charge in [-0.15, -0.1) is 0 Å². The maximum Gasteiger partial charge on any atom is 0.224 e. The average Bonchev–Trinajstić information content (AvgIpc) is 3.62. The number of furan rings is 1. The second-order valence-corrected chi connectivity index (χ2v) is 9.04. The highest BCUT2D eigenvalue weighted by Gasteiger charge is 2.22. The number of aromatic amines is 2. The number of carbonyl (C=O) groups excluding carboxylic acids is 1. The molecule has 0 atom stereocenters. The number of halogens is 1. The molecule has 0 bridgehead atoms. The summed E-state index contributed by atoms with van der Waals surface area (Å²) in [5.74, 6) is -0.128. The Morgan fingerprint density at radius 2 is 1.97 bits per heavy atom. The van der Waals surface area contributed by atoms with Crippen LogP contribution in [0.4, 0.5) is 10.1 Å². The number of pyridine rings is 3. The predicted octanol–water partition coefficient (Wildman–Crippen LogP) is 5.34. The Morgan fingerprint density at radius 3 is 2.78 bits per heavy atom. The van der Waals surface area contributed by atoms with Crippen molar-refractivity contribution in [2.24, 2.45) is 5.92 Å². The molecule has 0 radical (unpaired) electrons. The van der Waals surface area contributed by atoms with E-state index in [-0.39, 0.29) is 22.9 Å². The maximum absolute atomic E-state index is 16.0. The lowest BCUT2D eigenvalue weighted by Crippen LogP contribution is -2.14. The van der Waals surface area contributed by atoms with Gasteiger partial charge in [-0.25, -0.2) is 9.37 Å². The van der Waals surface area contributed by atoms with Crippen molar-refractivity contribution in [2.75, 3.05) is 5.32 Å². The van der Waals surface area contributed by atoms with Crippen molar-refractivity contribution in [3.63, 3.8) is 0 Å². The highest BCUT2D eigenvalue weighted by Crippen LogP contribution is 2.34. The predicted molar refractivity (Wildman–Crippen MR) is 136 cm³/mol. The first-order valence-corrected chi connectivity index (χ1v) is 11.6. The van der Waals surface area contributed by atoms with Crippen LogP contribution < -0.4 is 5.32 Å². The van der Waals surface area contributed by atoms with Crippen LogP contribution >= 0.6 is 0 Å². The Balaban J connectivity index is 1.42. The molecule has 0 saturated carbocycles. The molecule has 6 aromatic rings. The molecule has 10 nitrogen and oxygen atoms in total. The van der Waals surface area contributed by atoms with Crippen LogP contribution in [-0.4, -0.2) is 41.0 Å². The molecule has 0 aliphatic heterocycles. The van der Waals surface area contributed by atoms with Crippen LogP contribution in [0.1, 0.15) is 20.3 Å². The number of hydrogen-bond donors (Lipinski definition) is 3. The molecular weight excluding hydrogens is 475 g/mol. The van der Waals surface area contributed by atoms with E-state index in [1.807, 2.05) is 13.8 Å². The first-order valence-electron chi connectivity index (χ1n) is 11.6. The summed E-state index contributed by atoms with van der Waals surface area (Å²) in [5.41, 5.74) is 4.44. The van der Waals surface area contributed by atoms with E-state index in [4.69, 9.17) is 4.42 Å². The Hall–Kier alpha value is -4.93. The van der Waals surface area contributed by atoms with E-state index in [0.717, 1.165) is 11.1 Å². The molecule has 37 heavy (non-hydrogen) atoms. The molecule has 11 heteroatoms. The molecule has 1 amide bonds. The summed E-state index contributed by atoms with van der Waals surface area (Å²) in [5, 5.41) is 10.2. The number of nitrogens with one attached hydrogen (secondary N) is 3. The van der Waals surface area contributed by atoms with Gasteiger partial charge in [-0.3, -0.25) is 24.8 Å². The number of nitrogens with zero attached hydrogens (tertiary/aromatic N) is 5. The third kappa shape index (κ3) is 4.10. The normalized spacial score (nSPS) is 11.6. The van der Waals surface area contributed by atoms with Crippen LogP contribution in [-0.2, 0) is 4.79 Å². The number of amides is 1. The SMILES string of the molecule is CC(C)CC(=O)Nc1cncc(-c2ncc3[nH]nc(-c4nc5c(-c6ccoc6)nccc5[nH]4)c3c2F)c1. The molecule has 0 aromatic carbocycles. The molecular formula is C26H21FN8O2. The fourth-order valence-corrected chi connectivity index (χ4v) is 4.23. The number of fused-ring (bicyclic) bond motifs is 2. The van der Waals surface area contributed by atoms with E-state index in [1.165, 1.54) is 18.6 Å². The standard InChI is InChI=1S/C26H21FN8O2/c1-13(2)7-19(36)31-16-8-15(9-28-10-16)22-21(27)20-18(11-30-22)34-35-25(20)26-32-17-3-5-29-23(24(17)33-26)14-4-6-37-12-14/h3-6,8-13H,7H2,1-2H3,(H,31,36)(H,32,33)(H,34,35). The molecule has 0 saturated heterocycles. The lowest BCUT2D eigenvalue weighted by Gasteiger charge is -2.09. The molecule has 184 valence electrons. The second kappa shape index (κ2) is 8.94. The zero-order chi connectivity index (χ0) is 25.5. The summed E-state index contributed by atoms with van der Waals surface area (Å²) >= 11 is 0. The van der Waals surface area contributed by atoms with Gasteiger partial charge in [0.25, 0.3) is 0 Å². The van der Waals surface area contributed by atoms with Crippen molar-refractivity contribution in [1.29, 1.82) is 0 Å². The highest BCUT2D eigenvalue weighted by atomic mass is 19.1. The zero-order valence-electron chi connectivity index (χ0n) is 19.9. The van der Waals surface area contributed by atoms with Gasteiger partial charge in [0.2, 0.25) is 5.91 Å². The lowest BCUT2D eigenvalue weighted by molar-refractivity contribution is -0.116. The van der Waals surface area contributed by atoms with Gasteiger partial charge < -0.3 is 14.7 Å². The highest BCUT2D eigenvalue weighted by molar-refractivity contribution is 5.97. The lowest BCUT2D eigenvalue weighted by atomic mass is 10.1. The van der Waals surface area contributed by atoms with Crippen LogP contribution in [0, 0.1) is 11.7 Å². The third-order valence-corrected chi connectivity index (χ3v) is 5.85. The topological polar surface area (TPSA) is 138 Å². The van der Waals surface area contributed by atoms with E-state index >= 15 is 4.39 Å². The van der Waals surface area contributed by atoms with Crippen LogP contribution in [0.2, 0.25) is 0 Å².